The van der Waals surface area contributed by atoms with E-state index in [1.54, 1.807) is 18.4 Å². The highest BCUT2D eigenvalue weighted by molar-refractivity contribution is 7.99. The summed E-state index contributed by atoms with van der Waals surface area (Å²) in [7, 11) is 0. The Hall–Kier alpha value is -2.25. The largest absolute Gasteiger partial charge is 0.491 e. The molecule has 0 aliphatic carbocycles. The summed E-state index contributed by atoms with van der Waals surface area (Å²) in [4.78, 5) is 0. The Morgan fingerprint density at radius 2 is 2.17 bits per heavy atom. The van der Waals surface area contributed by atoms with Crippen molar-refractivity contribution < 1.29 is 18.7 Å². The van der Waals surface area contributed by atoms with Crippen LogP contribution in [0.1, 0.15) is 12.5 Å². The van der Waals surface area contributed by atoms with E-state index in [1.165, 1.54) is 17.3 Å². The Morgan fingerprint density at radius 1 is 1.25 bits per heavy atom. The lowest BCUT2D eigenvalue weighted by atomic mass is 10.2. The number of aliphatic hydroxyl groups excluding tert-OH is 1. The number of benzene rings is 1. The average molecular weight is 346 g/mol. The van der Waals surface area contributed by atoms with Crippen LogP contribution in [0.15, 0.2) is 56.7 Å². The minimum absolute atomic E-state index is 0.208. The van der Waals surface area contributed by atoms with E-state index in [2.05, 4.69) is 17.1 Å². The number of furan rings is 1. The van der Waals surface area contributed by atoms with Crippen LogP contribution in [-0.2, 0) is 6.42 Å². The Kier molecular flexibility index (Phi) is 5.55. The highest BCUT2D eigenvalue weighted by atomic mass is 32.2. The summed E-state index contributed by atoms with van der Waals surface area (Å²) < 4.78 is 16.3. The molecule has 7 heteroatoms. The van der Waals surface area contributed by atoms with Crippen LogP contribution in [0.25, 0.3) is 11.7 Å². The first kappa shape index (κ1) is 16.6. The van der Waals surface area contributed by atoms with Crippen molar-refractivity contribution in [3.8, 4) is 17.4 Å². The summed E-state index contributed by atoms with van der Waals surface area (Å²) in [5, 5.41) is 18.2. The summed E-state index contributed by atoms with van der Waals surface area (Å²) in [5.41, 5.74) is 1.20. The van der Waals surface area contributed by atoms with Gasteiger partial charge >= 0.3 is 0 Å². The van der Waals surface area contributed by atoms with Gasteiger partial charge in [0.15, 0.2) is 5.76 Å². The average Bonchev–Trinajstić information content (AvgIpc) is 3.29. The van der Waals surface area contributed by atoms with E-state index < -0.39 is 6.10 Å². The molecule has 1 aromatic carbocycles. The molecule has 3 rings (SSSR count). The van der Waals surface area contributed by atoms with Gasteiger partial charge in [-0.2, -0.15) is 0 Å². The molecule has 2 aromatic heterocycles. The Balaban J connectivity index is 1.46. The molecule has 0 bridgehead atoms. The number of hydrogen-bond donors (Lipinski definition) is 1. The van der Waals surface area contributed by atoms with E-state index in [-0.39, 0.29) is 6.61 Å². The fraction of sp³-hybridized carbons (Fsp3) is 0.294. The van der Waals surface area contributed by atoms with Gasteiger partial charge in [-0.3, -0.25) is 0 Å². The van der Waals surface area contributed by atoms with Gasteiger partial charge in [0.1, 0.15) is 12.4 Å². The zero-order valence-electron chi connectivity index (χ0n) is 13.2. The lowest BCUT2D eigenvalue weighted by Crippen LogP contribution is -2.20. The third-order valence-electron chi connectivity index (χ3n) is 3.29. The van der Waals surface area contributed by atoms with Gasteiger partial charge in [0, 0.05) is 5.75 Å². The Bertz CT molecular complexity index is 758. The number of hydrogen-bond acceptors (Lipinski definition) is 7. The molecule has 1 unspecified atom stereocenters. The second-order valence-electron chi connectivity index (χ2n) is 5.13. The normalized spacial score (nSPS) is 12.2. The summed E-state index contributed by atoms with van der Waals surface area (Å²) in [6, 6.07) is 11.4. The molecule has 0 aliphatic rings. The van der Waals surface area contributed by atoms with E-state index in [1.807, 2.05) is 24.3 Å². The van der Waals surface area contributed by atoms with E-state index in [0.29, 0.717) is 22.6 Å². The third-order valence-corrected chi connectivity index (χ3v) is 4.25. The third kappa shape index (κ3) is 4.39. The quantitative estimate of drug-likeness (QED) is 0.626. The van der Waals surface area contributed by atoms with Crippen LogP contribution in [0.3, 0.4) is 0 Å². The second-order valence-corrected chi connectivity index (χ2v) is 6.10. The molecule has 6 nitrogen and oxygen atoms in total. The predicted molar refractivity (Wildman–Crippen MR) is 90.0 cm³/mol. The van der Waals surface area contributed by atoms with Crippen LogP contribution in [0.2, 0.25) is 0 Å². The monoisotopic (exact) mass is 346 g/mol. The second kappa shape index (κ2) is 8.03. The first-order valence-corrected chi connectivity index (χ1v) is 8.63. The van der Waals surface area contributed by atoms with Crippen molar-refractivity contribution in [2.45, 2.75) is 24.7 Å². The van der Waals surface area contributed by atoms with Crippen molar-refractivity contribution in [2.24, 2.45) is 0 Å². The van der Waals surface area contributed by atoms with Crippen LogP contribution in [0.4, 0.5) is 0 Å². The molecule has 0 saturated carbocycles. The fourth-order valence-electron chi connectivity index (χ4n) is 2.03. The maximum absolute atomic E-state index is 10.0. The molecule has 0 saturated heterocycles. The molecule has 126 valence electrons. The molecule has 0 aliphatic heterocycles. The highest BCUT2D eigenvalue weighted by Crippen LogP contribution is 2.24. The van der Waals surface area contributed by atoms with Crippen molar-refractivity contribution in [1.82, 2.24) is 10.2 Å². The van der Waals surface area contributed by atoms with Gasteiger partial charge < -0.3 is 18.7 Å². The van der Waals surface area contributed by atoms with E-state index in [9.17, 15) is 5.11 Å². The Labute approximate surface area is 143 Å². The number of aryl methyl sites for hydroxylation is 1. The van der Waals surface area contributed by atoms with Crippen LogP contribution in [0, 0.1) is 0 Å². The highest BCUT2D eigenvalue weighted by Gasteiger charge is 2.13. The van der Waals surface area contributed by atoms with Crippen molar-refractivity contribution in [3.63, 3.8) is 0 Å². The number of ether oxygens (including phenoxy) is 1. The van der Waals surface area contributed by atoms with Crippen molar-refractivity contribution >= 4 is 11.8 Å². The van der Waals surface area contributed by atoms with Crippen LogP contribution < -0.4 is 4.74 Å². The van der Waals surface area contributed by atoms with Gasteiger partial charge in [-0.1, -0.05) is 30.8 Å². The molecule has 1 atom stereocenters. The SMILES string of the molecule is CCc1cccc(OCC(O)CSc2nnc(-c3ccco3)o2)c1. The Morgan fingerprint density at radius 3 is 2.96 bits per heavy atom. The molecule has 2 heterocycles. The standard InChI is InChI=1S/C17H18N2O4S/c1-2-12-5-3-6-14(9-12)22-10-13(20)11-24-17-19-18-16(23-17)15-7-4-8-21-15/h3-9,13,20H,2,10-11H2,1H3. The first-order valence-electron chi connectivity index (χ1n) is 7.64. The summed E-state index contributed by atoms with van der Waals surface area (Å²) in [6.07, 6.45) is 1.85. The smallest absolute Gasteiger partial charge is 0.284 e. The van der Waals surface area contributed by atoms with Gasteiger partial charge in [-0.25, -0.2) is 0 Å². The molecular weight excluding hydrogens is 328 g/mol. The fourth-order valence-corrected chi connectivity index (χ4v) is 2.70. The lowest BCUT2D eigenvalue weighted by molar-refractivity contribution is 0.126. The summed E-state index contributed by atoms with van der Waals surface area (Å²) >= 11 is 1.28. The van der Waals surface area contributed by atoms with E-state index in [0.717, 1.165) is 12.2 Å². The van der Waals surface area contributed by atoms with Gasteiger partial charge in [-0.15, -0.1) is 10.2 Å². The molecule has 0 fully saturated rings. The number of nitrogens with zero attached hydrogens (tertiary/aromatic N) is 2. The maximum Gasteiger partial charge on any atom is 0.284 e. The van der Waals surface area contributed by atoms with Crippen molar-refractivity contribution in [1.29, 1.82) is 0 Å². The number of aliphatic hydroxyl groups is 1. The zero-order chi connectivity index (χ0) is 16.8. The molecule has 0 amide bonds. The van der Waals surface area contributed by atoms with Crippen LogP contribution >= 0.6 is 11.8 Å². The van der Waals surface area contributed by atoms with Crippen LogP contribution in [0.5, 0.6) is 5.75 Å². The first-order chi connectivity index (χ1) is 11.7. The molecule has 3 aromatic rings. The van der Waals surface area contributed by atoms with Gasteiger partial charge in [0.05, 0.1) is 12.4 Å². The maximum atomic E-state index is 10.0. The zero-order valence-corrected chi connectivity index (χ0v) is 14.0. The summed E-state index contributed by atoms with van der Waals surface area (Å²) in [5.74, 6) is 2.00. The van der Waals surface area contributed by atoms with Crippen LogP contribution in [-0.4, -0.2) is 33.8 Å². The molecule has 24 heavy (non-hydrogen) atoms. The number of rotatable bonds is 8. The minimum Gasteiger partial charge on any atom is -0.491 e. The number of thioether (sulfide) groups is 1. The van der Waals surface area contributed by atoms with Gasteiger partial charge in [0.2, 0.25) is 0 Å². The van der Waals surface area contributed by atoms with E-state index in [4.69, 9.17) is 13.6 Å². The molecule has 0 spiro atoms. The van der Waals surface area contributed by atoms with Gasteiger partial charge in [0.25, 0.3) is 11.1 Å². The topological polar surface area (TPSA) is 81.5 Å². The predicted octanol–water partition coefficient (Wildman–Crippen LogP) is 3.42. The lowest BCUT2D eigenvalue weighted by Gasteiger charge is -2.11. The van der Waals surface area contributed by atoms with Crippen molar-refractivity contribution in [2.75, 3.05) is 12.4 Å². The minimum atomic E-state index is -0.640. The van der Waals surface area contributed by atoms with Gasteiger partial charge in [-0.05, 0) is 36.2 Å². The summed E-state index contributed by atoms with van der Waals surface area (Å²) in [6.45, 7) is 2.30. The number of aromatic nitrogens is 2. The molecule has 1 N–H and O–H groups in total. The van der Waals surface area contributed by atoms with E-state index >= 15 is 0 Å². The van der Waals surface area contributed by atoms with Crippen molar-refractivity contribution in [3.05, 3.63) is 48.2 Å². The molecule has 0 radical (unpaired) electrons. The molecular formula is C17H18N2O4S.